The highest BCUT2D eigenvalue weighted by Crippen LogP contribution is 2.75. The number of allylic oxidation sites excluding steroid dienone is 8. The SMILES string of the molecule is CCCCCCc1ccc(C2(c3ccccc3)c3c(sc4c(-c5cc(F)c(CC(CC)CCCC)s5)c5c6c(sc5c(-c5cc(F)c(CC(CC)CCCC)s5)c34)C3SC(/C=C4\C(=O)c5ccccc5C4=C(C#N)C#N)CC3C6(c3ccc(CCCCCC)cc3)c3ccc(CCCCCC)cc3)C3SC(/C=C4\C(=O)c5ccccc5C4=C(C#N)C#N)=CC32)cc1. The lowest BCUT2D eigenvalue weighted by Gasteiger charge is -2.39. The molecule has 14 heteroatoms. The van der Waals surface area contributed by atoms with E-state index in [1.165, 1.54) is 40.0 Å². The van der Waals surface area contributed by atoms with Crippen LogP contribution in [0.3, 0.4) is 0 Å². The van der Waals surface area contributed by atoms with Crippen molar-refractivity contribution in [3.05, 3.63) is 313 Å². The zero-order valence-electron chi connectivity index (χ0n) is 73.6. The number of Topliss-reactive ketones (excluding diaryl/α,β-unsaturated/α-hetero) is 2. The monoisotopic (exact) mass is 1770 g/mol. The smallest absolute Gasteiger partial charge is 0.194 e. The number of hydrogen-bond acceptors (Lipinski definition) is 12. The van der Waals surface area contributed by atoms with E-state index in [9.17, 15) is 21.0 Å². The Bertz CT molecular complexity index is 6240. The average molecular weight is 1770 g/mol. The van der Waals surface area contributed by atoms with Gasteiger partial charge in [0.1, 0.15) is 47.1 Å². The van der Waals surface area contributed by atoms with Crippen molar-refractivity contribution in [3.8, 4) is 45.2 Å². The molecule has 0 N–H and O–H groups in total. The summed E-state index contributed by atoms with van der Waals surface area (Å²) in [5.74, 6) is -0.771. The molecule has 2 aliphatic heterocycles. The Morgan fingerprint density at radius 3 is 1.31 bits per heavy atom. The first-order valence-corrected chi connectivity index (χ1v) is 51.6. The average Bonchev–Trinajstić information content (AvgIpc) is 1.48. The van der Waals surface area contributed by atoms with E-state index in [1.54, 1.807) is 40.5 Å². The highest BCUT2D eigenvalue weighted by molar-refractivity contribution is 8.04. The van der Waals surface area contributed by atoms with Gasteiger partial charge in [-0.3, -0.25) is 9.59 Å². The molecule has 8 unspecified atom stereocenters. The lowest BCUT2D eigenvalue weighted by Crippen LogP contribution is -2.35. The van der Waals surface area contributed by atoms with Gasteiger partial charge in [0, 0.05) is 115 Å². The second-order valence-corrected chi connectivity index (χ2v) is 42.7. The number of aryl methyl sites for hydroxylation is 3. The number of nitrogens with zero attached hydrogens (tertiary/aromatic N) is 4. The Balaban J connectivity index is 1.03. The van der Waals surface area contributed by atoms with Crippen molar-refractivity contribution in [1.82, 2.24) is 0 Å². The normalized spacial score (nSPS) is 19.8. The molecule has 0 amide bonds. The molecule has 126 heavy (non-hydrogen) atoms. The molecule has 0 radical (unpaired) electrons. The summed E-state index contributed by atoms with van der Waals surface area (Å²) < 4.78 is 39.4. The Hall–Kier alpha value is -9.58. The number of carbonyl (C=O) groups excluding carboxylic acids is 2. The zero-order valence-corrected chi connectivity index (χ0v) is 78.5. The van der Waals surface area contributed by atoms with Gasteiger partial charge < -0.3 is 0 Å². The number of thioether (sulfide) groups is 2. The fourth-order valence-corrected chi connectivity index (χ4v) is 31.0. The van der Waals surface area contributed by atoms with Crippen LogP contribution in [0.15, 0.2) is 209 Å². The van der Waals surface area contributed by atoms with Crippen LogP contribution >= 0.6 is 68.9 Å². The summed E-state index contributed by atoms with van der Waals surface area (Å²) in [5, 5.41) is 44.5. The van der Waals surface area contributed by atoms with Crippen LogP contribution in [0, 0.1) is 80.6 Å². The quantitative estimate of drug-likeness (QED) is 0.0218. The van der Waals surface area contributed by atoms with E-state index in [1.807, 2.05) is 95.1 Å². The van der Waals surface area contributed by atoms with Crippen LogP contribution in [-0.4, -0.2) is 16.8 Å². The van der Waals surface area contributed by atoms with Gasteiger partial charge >= 0.3 is 0 Å². The van der Waals surface area contributed by atoms with Gasteiger partial charge in [-0.15, -0.1) is 68.9 Å². The Labute approximate surface area is 768 Å². The van der Waals surface area contributed by atoms with Gasteiger partial charge in [-0.1, -0.05) is 321 Å². The van der Waals surface area contributed by atoms with Gasteiger partial charge in [0.05, 0.1) is 16.1 Å². The van der Waals surface area contributed by atoms with E-state index in [4.69, 9.17) is 0 Å². The van der Waals surface area contributed by atoms with Gasteiger partial charge in [-0.2, -0.15) is 21.0 Å². The third kappa shape index (κ3) is 15.9. The van der Waals surface area contributed by atoms with Crippen molar-refractivity contribution in [3.63, 3.8) is 0 Å². The molecule has 0 saturated carbocycles. The Kier molecular flexibility index (Phi) is 27.2. The first-order chi connectivity index (χ1) is 61.7. The lowest BCUT2D eigenvalue weighted by molar-refractivity contribution is 0.103. The summed E-state index contributed by atoms with van der Waals surface area (Å²) in [6.07, 6.45) is 32.6. The summed E-state index contributed by atoms with van der Waals surface area (Å²) in [6, 6.07) is 66.9. The third-order valence-electron chi connectivity index (χ3n) is 28.2. The second-order valence-electron chi connectivity index (χ2n) is 35.8. The molecule has 7 aromatic carbocycles. The third-order valence-corrected chi connectivity index (χ3v) is 36.3. The van der Waals surface area contributed by atoms with Gasteiger partial charge in [-0.05, 0) is 155 Å². The predicted octanol–water partition coefficient (Wildman–Crippen LogP) is 32.1. The predicted molar refractivity (Wildman–Crippen MR) is 525 cm³/mol. The maximum Gasteiger partial charge on any atom is 0.194 e. The topological polar surface area (TPSA) is 129 Å². The second kappa shape index (κ2) is 38.8. The summed E-state index contributed by atoms with van der Waals surface area (Å²) in [5.41, 5.74) is 14.0. The number of benzene rings is 7. The van der Waals surface area contributed by atoms with Crippen LogP contribution in [-0.2, 0) is 42.9 Å². The van der Waals surface area contributed by atoms with Crippen molar-refractivity contribution in [2.75, 3.05) is 0 Å². The molecule has 6 nitrogen and oxygen atoms in total. The van der Waals surface area contributed by atoms with Crippen LogP contribution in [0.2, 0.25) is 0 Å². The lowest BCUT2D eigenvalue weighted by atomic mass is 9.62. The minimum Gasteiger partial charge on any atom is -0.289 e. The molecule has 4 aliphatic carbocycles. The maximum atomic E-state index is 18.7. The number of ketones is 2. The van der Waals surface area contributed by atoms with Crippen LogP contribution in [0.1, 0.15) is 295 Å². The minimum absolute atomic E-state index is 0.0918. The van der Waals surface area contributed by atoms with Crippen molar-refractivity contribution >= 4 is 112 Å². The molecule has 17 rings (SSSR count). The van der Waals surface area contributed by atoms with E-state index in [2.05, 4.69) is 188 Å². The number of carbonyl (C=O) groups is 2. The van der Waals surface area contributed by atoms with Crippen molar-refractivity contribution in [2.45, 2.75) is 242 Å². The van der Waals surface area contributed by atoms with E-state index < -0.39 is 10.8 Å². The number of fused-ring (bicyclic) bond motifs is 12. The molecule has 0 bridgehead atoms. The molecule has 0 spiro atoms. The van der Waals surface area contributed by atoms with E-state index in [0.29, 0.717) is 63.8 Å². The molecular weight excluding hydrogens is 1660 g/mol. The molecule has 6 aliphatic rings. The van der Waals surface area contributed by atoms with Crippen molar-refractivity contribution in [1.29, 1.82) is 21.0 Å². The van der Waals surface area contributed by atoms with Gasteiger partial charge in [0.25, 0.3) is 0 Å². The maximum absolute atomic E-state index is 18.7. The largest absolute Gasteiger partial charge is 0.289 e. The molecule has 6 heterocycles. The summed E-state index contributed by atoms with van der Waals surface area (Å²) in [7, 11) is 0. The summed E-state index contributed by atoms with van der Waals surface area (Å²) in [4.78, 5) is 36.9. The molecular formula is C112H110F2N4O2S6. The number of thiophene rings is 4. The molecule has 8 atom stereocenters. The summed E-state index contributed by atoms with van der Waals surface area (Å²) >= 11 is 10.5. The van der Waals surface area contributed by atoms with Crippen LogP contribution in [0.5, 0.6) is 0 Å². The number of halogens is 2. The molecule has 11 aromatic rings. The van der Waals surface area contributed by atoms with Gasteiger partial charge in [-0.25, -0.2) is 8.78 Å². The van der Waals surface area contributed by atoms with E-state index >= 15 is 18.4 Å². The van der Waals surface area contributed by atoms with Gasteiger partial charge in [0.2, 0.25) is 0 Å². The van der Waals surface area contributed by atoms with Crippen LogP contribution in [0.25, 0.3) is 52.2 Å². The highest BCUT2D eigenvalue weighted by atomic mass is 32.2. The Morgan fingerprint density at radius 1 is 0.460 bits per heavy atom. The fraction of sp³-hybridized carbons (Fsp3) is 0.375. The molecule has 1 fully saturated rings. The number of hydrogen-bond donors (Lipinski definition) is 0. The fourth-order valence-electron chi connectivity index (χ4n) is 21.9. The van der Waals surface area contributed by atoms with Crippen LogP contribution in [0.4, 0.5) is 8.78 Å². The molecule has 640 valence electrons. The first-order valence-electron chi connectivity index (χ1n) is 46.5. The standard InChI is InChI=1S/C112H110F2N4O2S6/c1-8-15-20-24-35-70-44-50-76(51-45-70)111(75-38-27-23-28-39-75)87-60-79(58-85-95(73(64-115)65-116)81-40-29-31-42-83(81)103(85)119)121-105(87)109-101(111)99-97(93-62-89(113)91(123-93)56-68(13-6)33-18-11-4)108-100(98(107(99)125-109)94-63-90(114)92(124-94)57-69(14-7)34-19-12-5)102-110(126-108)106-88(61-80(122-106)59-86-96(74(66-117)67-118)82-41-30-32-43-84(82)104(86)120)112(102,77-52-46-71(47-53-77)36-25-21-16-9-2)78-54-48-72(49-55-78)37-26-22-17-10-3/h23,27-32,38-55,58-60,62-63,68-69,80,87-88,105-106H,8-22,24-26,33-37,56-57,61H2,1-7H3/b85-58-,86-59-. The minimum atomic E-state index is -0.987. The number of rotatable bonds is 35. The van der Waals surface area contributed by atoms with Crippen molar-refractivity contribution < 1.29 is 18.4 Å². The van der Waals surface area contributed by atoms with Crippen molar-refractivity contribution in [2.24, 2.45) is 23.7 Å². The Morgan fingerprint density at radius 2 is 0.865 bits per heavy atom. The zero-order chi connectivity index (χ0) is 87.5. The van der Waals surface area contributed by atoms with E-state index in [-0.39, 0.29) is 73.8 Å². The highest BCUT2D eigenvalue weighted by Gasteiger charge is 2.62. The molecule has 4 aromatic heterocycles. The first kappa shape index (κ1) is 88.4. The number of nitriles is 4. The van der Waals surface area contributed by atoms with Crippen LogP contribution < -0.4 is 0 Å². The van der Waals surface area contributed by atoms with Gasteiger partial charge in [0.15, 0.2) is 11.6 Å². The number of unbranched alkanes of at least 4 members (excludes halogenated alkanes) is 11. The summed E-state index contributed by atoms with van der Waals surface area (Å²) in [6.45, 7) is 15.7. The van der Waals surface area contributed by atoms with E-state index in [0.717, 1.165) is 223 Å². The molecule has 1 saturated heterocycles.